The Bertz CT molecular complexity index is 985. The van der Waals surface area contributed by atoms with Gasteiger partial charge in [0.25, 0.3) is 0 Å². The summed E-state index contributed by atoms with van der Waals surface area (Å²) in [6.07, 6.45) is -0.300. The number of urea groups is 1. The van der Waals surface area contributed by atoms with Gasteiger partial charge in [-0.2, -0.15) is 0 Å². The summed E-state index contributed by atoms with van der Waals surface area (Å²) in [5.41, 5.74) is 2.51. The van der Waals surface area contributed by atoms with Gasteiger partial charge in [0.05, 0.1) is 38.5 Å². The van der Waals surface area contributed by atoms with Crippen molar-refractivity contribution in [3.8, 4) is 11.5 Å². The summed E-state index contributed by atoms with van der Waals surface area (Å²) in [7, 11) is 3.10. The third-order valence-electron chi connectivity index (χ3n) is 5.09. The van der Waals surface area contributed by atoms with Crippen LogP contribution >= 0.6 is 0 Å². The van der Waals surface area contributed by atoms with Crippen LogP contribution in [-0.4, -0.2) is 37.2 Å². The molecule has 1 aliphatic rings. The SMILES string of the molecule is COc1ccc(C2NC(=O)N(Cc3ccccc3)C(C)=C2C(=O)OC(C)C)c(OC)c1. The molecule has 31 heavy (non-hydrogen) atoms. The third kappa shape index (κ3) is 4.82. The summed E-state index contributed by atoms with van der Waals surface area (Å²) in [6.45, 7) is 5.69. The van der Waals surface area contributed by atoms with Gasteiger partial charge in [-0.25, -0.2) is 9.59 Å². The Morgan fingerprint density at radius 2 is 1.81 bits per heavy atom. The van der Waals surface area contributed by atoms with Gasteiger partial charge in [-0.15, -0.1) is 0 Å². The second-order valence-corrected chi connectivity index (χ2v) is 7.52. The van der Waals surface area contributed by atoms with E-state index in [9.17, 15) is 9.59 Å². The number of carbonyl (C=O) groups is 2. The summed E-state index contributed by atoms with van der Waals surface area (Å²) in [6, 6.07) is 13.9. The van der Waals surface area contributed by atoms with Crippen LogP contribution < -0.4 is 14.8 Å². The molecular weight excluding hydrogens is 396 g/mol. The molecule has 0 bridgehead atoms. The predicted octanol–water partition coefficient (Wildman–Crippen LogP) is 4.20. The quantitative estimate of drug-likeness (QED) is 0.674. The van der Waals surface area contributed by atoms with Crippen molar-refractivity contribution < 1.29 is 23.8 Å². The lowest BCUT2D eigenvalue weighted by Gasteiger charge is -2.36. The van der Waals surface area contributed by atoms with Gasteiger partial charge >= 0.3 is 12.0 Å². The van der Waals surface area contributed by atoms with Gasteiger partial charge in [0.1, 0.15) is 11.5 Å². The topological polar surface area (TPSA) is 77.1 Å². The summed E-state index contributed by atoms with van der Waals surface area (Å²) in [4.78, 5) is 27.7. The molecule has 1 atom stereocenters. The first-order chi connectivity index (χ1) is 14.8. The molecule has 0 radical (unpaired) electrons. The van der Waals surface area contributed by atoms with Crippen LogP contribution in [0.25, 0.3) is 0 Å². The van der Waals surface area contributed by atoms with E-state index in [1.165, 1.54) is 7.11 Å². The van der Waals surface area contributed by atoms with Crippen LogP contribution in [-0.2, 0) is 16.1 Å². The van der Waals surface area contributed by atoms with E-state index in [2.05, 4.69) is 5.32 Å². The second-order valence-electron chi connectivity index (χ2n) is 7.52. The zero-order chi connectivity index (χ0) is 22.5. The minimum Gasteiger partial charge on any atom is -0.497 e. The van der Waals surface area contributed by atoms with Crippen molar-refractivity contribution in [1.82, 2.24) is 10.2 Å². The normalized spacial score (nSPS) is 16.3. The molecule has 0 aliphatic carbocycles. The van der Waals surface area contributed by atoms with Crippen molar-refractivity contribution in [2.45, 2.75) is 39.5 Å². The van der Waals surface area contributed by atoms with Crippen molar-refractivity contribution in [2.75, 3.05) is 14.2 Å². The molecule has 0 aromatic heterocycles. The molecule has 2 aromatic rings. The van der Waals surface area contributed by atoms with E-state index in [1.54, 1.807) is 51.0 Å². The highest BCUT2D eigenvalue weighted by atomic mass is 16.5. The lowest BCUT2D eigenvalue weighted by Crippen LogP contribution is -2.47. The Balaban J connectivity index is 2.09. The summed E-state index contributed by atoms with van der Waals surface area (Å²) in [5.74, 6) is 0.637. The van der Waals surface area contributed by atoms with Gasteiger partial charge in [0.15, 0.2) is 0 Å². The largest absolute Gasteiger partial charge is 0.497 e. The maximum atomic E-state index is 13.1. The monoisotopic (exact) mass is 424 g/mol. The van der Waals surface area contributed by atoms with E-state index < -0.39 is 12.0 Å². The fraction of sp³-hybridized carbons (Fsp3) is 0.333. The van der Waals surface area contributed by atoms with Gasteiger partial charge in [0.2, 0.25) is 0 Å². The van der Waals surface area contributed by atoms with Crippen LogP contribution in [0.1, 0.15) is 37.9 Å². The van der Waals surface area contributed by atoms with Crippen molar-refractivity contribution >= 4 is 12.0 Å². The molecule has 2 amide bonds. The molecule has 3 rings (SSSR count). The number of carbonyl (C=O) groups excluding carboxylic acids is 2. The number of nitrogens with zero attached hydrogens (tertiary/aromatic N) is 1. The Kier molecular flexibility index (Phi) is 6.84. The van der Waals surface area contributed by atoms with Gasteiger partial charge < -0.3 is 19.5 Å². The molecule has 0 spiro atoms. The molecule has 7 nitrogen and oxygen atoms in total. The first-order valence-corrected chi connectivity index (χ1v) is 10.1. The van der Waals surface area contributed by atoms with E-state index in [0.717, 1.165) is 5.56 Å². The second kappa shape index (κ2) is 9.55. The number of benzene rings is 2. The van der Waals surface area contributed by atoms with Crippen LogP contribution in [0.2, 0.25) is 0 Å². The highest BCUT2D eigenvalue weighted by molar-refractivity contribution is 5.95. The highest BCUT2D eigenvalue weighted by Crippen LogP contribution is 2.38. The number of amides is 2. The molecule has 0 saturated carbocycles. The van der Waals surface area contributed by atoms with E-state index in [4.69, 9.17) is 14.2 Å². The Labute approximate surface area is 182 Å². The number of rotatable bonds is 7. The van der Waals surface area contributed by atoms with Crippen molar-refractivity contribution in [3.63, 3.8) is 0 Å². The van der Waals surface area contributed by atoms with Gasteiger partial charge in [-0.1, -0.05) is 30.3 Å². The van der Waals surface area contributed by atoms with Crippen molar-refractivity contribution in [2.24, 2.45) is 0 Å². The lowest BCUT2D eigenvalue weighted by atomic mass is 9.93. The van der Waals surface area contributed by atoms with Gasteiger partial charge in [-0.3, -0.25) is 4.90 Å². The van der Waals surface area contributed by atoms with Crippen LogP contribution in [0.4, 0.5) is 4.79 Å². The molecule has 2 aromatic carbocycles. The van der Waals surface area contributed by atoms with Gasteiger partial charge in [0, 0.05) is 17.3 Å². The van der Waals surface area contributed by atoms with Crippen LogP contribution in [0.3, 0.4) is 0 Å². The summed E-state index contributed by atoms with van der Waals surface area (Å²) in [5, 5.41) is 2.96. The fourth-order valence-corrected chi connectivity index (χ4v) is 3.57. The van der Waals surface area contributed by atoms with Gasteiger partial charge in [-0.05, 0) is 38.5 Å². The average Bonchev–Trinajstić information content (AvgIpc) is 2.75. The predicted molar refractivity (Wildman–Crippen MR) is 117 cm³/mol. The molecule has 0 saturated heterocycles. The Hall–Kier alpha value is -3.48. The number of hydrogen-bond acceptors (Lipinski definition) is 5. The number of esters is 1. The maximum absolute atomic E-state index is 13.1. The molecular formula is C24H28N2O5. The molecule has 1 aliphatic heterocycles. The minimum atomic E-state index is -0.716. The van der Waals surface area contributed by atoms with Crippen LogP contribution in [0.5, 0.6) is 11.5 Å². The van der Waals surface area contributed by atoms with E-state index >= 15 is 0 Å². The third-order valence-corrected chi connectivity index (χ3v) is 5.09. The highest BCUT2D eigenvalue weighted by Gasteiger charge is 2.38. The number of methoxy groups -OCH3 is 2. The van der Waals surface area contributed by atoms with Crippen LogP contribution in [0, 0.1) is 0 Å². The summed E-state index contributed by atoms with van der Waals surface area (Å²) < 4.78 is 16.3. The average molecular weight is 424 g/mol. The standard InChI is InChI=1S/C24H28N2O5/c1-15(2)31-23(27)21-16(3)26(14-17-9-7-6-8-10-17)24(28)25-22(21)19-12-11-18(29-4)13-20(19)30-5/h6-13,15,22H,14H2,1-5H3,(H,25,28). The first kappa shape index (κ1) is 22.2. The molecule has 0 fully saturated rings. The zero-order valence-corrected chi connectivity index (χ0v) is 18.5. The molecule has 7 heteroatoms. The lowest BCUT2D eigenvalue weighted by molar-refractivity contribution is -0.143. The van der Waals surface area contributed by atoms with E-state index in [-0.39, 0.29) is 12.1 Å². The molecule has 1 heterocycles. The molecule has 1 N–H and O–H groups in total. The number of nitrogens with one attached hydrogen (secondary N) is 1. The zero-order valence-electron chi connectivity index (χ0n) is 18.5. The van der Waals surface area contributed by atoms with Crippen LogP contribution in [0.15, 0.2) is 59.8 Å². The number of ether oxygens (including phenoxy) is 3. The molecule has 1 unspecified atom stereocenters. The van der Waals surface area contributed by atoms with Crippen molar-refractivity contribution in [3.05, 3.63) is 70.9 Å². The maximum Gasteiger partial charge on any atom is 0.338 e. The Morgan fingerprint density at radius 3 is 2.42 bits per heavy atom. The number of hydrogen-bond donors (Lipinski definition) is 1. The number of allylic oxidation sites excluding steroid dienone is 1. The first-order valence-electron chi connectivity index (χ1n) is 10.1. The Morgan fingerprint density at radius 1 is 1.10 bits per heavy atom. The summed E-state index contributed by atoms with van der Waals surface area (Å²) >= 11 is 0. The van der Waals surface area contributed by atoms with Crippen molar-refractivity contribution in [1.29, 1.82) is 0 Å². The van der Waals surface area contributed by atoms with E-state index in [1.807, 2.05) is 30.3 Å². The molecule has 164 valence electrons. The fourth-order valence-electron chi connectivity index (χ4n) is 3.57. The van der Waals surface area contributed by atoms with E-state index in [0.29, 0.717) is 34.9 Å². The smallest absolute Gasteiger partial charge is 0.338 e. The minimum absolute atomic E-state index is 0.300.